The summed E-state index contributed by atoms with van der Waals surface area (Å²) in [6.45, 7) is 3.41. The van der Waals surface area contributed by atoms with Gasteiger partial charge in [-0.2, -0.15) is 13.2 Å². The number of benzene rings is 1. The van der Waals surface area contributed by atoms with Crippen LogP contribution < -0.4 is 10.2 Å². The summed E-state index contributed by atoms with van der Waals surface area (Å²) in [7, 11) is 0. The Kier molecular flexibility index (Phi) is 3.79. The molecule has 0 bridgehead atoms. The highest BCUT2D eigenvalue weighted by Crippen LogP contribution is 2.34. The quantitative estimate of drug-likeness (QED) is 0.845. The molecular weight excluding hydrogens is 347 g/mol. The minimum absolute atomic E-state index is 0.482. The first-order valence-electron chi connectivity index (χ1n) is 6.58. The topological polar surface area (TPSA) is 28.2 Å². The molecule has 2 aromatic rings. The molecule has 0 radical (unpaired) electrons. The fraction of sp³-hybridized carbons (Fsp3) is 0.357. The van der Waals surface area contributed by atoms with Crippen LogP contribution in [0.15, 0.2) is 28.7 Å². The number of nitrogens with one attached hydrogen (secondary N) is 1. The van der Waals surface area contributed by atoms with Gasteiger partial charge in [0.25, 0.3) is 0 Å². The molecule has 0 saturated carbocycles. The van der Waals surface area contributed by atoms with Crippen LogP contribution in [0.3, 0.4) is 0 Å². The molecular formula is C14H13BrF3N3. The second-order valence-electron chi connectivity index (χ2n) is 4.94. The van der Waals surface area contributed by atoms with E-state index in [1.54, 1.807) is 6.07 Å². The van der Waals surface area contributed by atoms with Crippen LogP contribution in [-0.4, -0.2) is 31.2 Å². The highest BCUT2D eigenvalue weighted by Gasteiger charge is 2.30. The molecule has 0 unspecified atom stereocenters. The molecule has 21 heavy (non-hydrogen) atoms. The Bertz CT molecular complexity index is 666. The van der Waals surface area contributed by atoms with E-state index in [2.05, 4.69) is 31.1 Å². The number of anilines is 1. The molecule has 1 fully saturated rings. The largest absolute Gasteiger partial charge is 0.416 e. The van der Waals surface area contributed by atoms with Crippen LogP contribution in [-0.2, 0) is 6.18 Å². The van der Waals surface area contributed by atoms with E-state index in [0.717, 1.165) is 48.6 Å². The number of nitrogens with zero attached hydrogens (tertiary/aromatic N) is 2. The van der Waals surface area contributed by atoms with Gasteiger partial charge in [0.15, 0.2) is 0 Å². The zero-order valence-corrected chi connectivity index (χ0v) is 12.6. The van der Waals surface area contributed by atoms with Gasteiger partial charge in [-0.05, 0) is 40.2 Å². The van der Waals surface area contributed by atoms with Crippen LogP contribution >= 0.6 is 15.9 Å². The van der Waals surface area contributed by atoms with Crippen molar-refractivity contribution in [2.45, 2.75) is 6.18 Å². The maximum absolute atomic E-state index is 12.7. The fourth-order valence-corrected chi connectivity index (χ4v) is 3.00. The summed E-state index contributed by atoms with van der Waals surface area (Å²) in [6, 6.07) is 5.34. The van der Waals surface area contributed by atoms with Gasteiger partial charge in [-0.1, -0.05) is 0 Å². The van der Waals surface area contributed by atoms with Crippen LogP contribution in [0.2, 0.25) is 0 Å². The third-order valence-corrected chi connectivity index (χ3v) is 4.08. The van der Waals surface area contributed by atoms with Gasteiger partial charge in [0.1, 0.15) is 5.82 Å². The zero-order valence-electron chi connectivity index (χ0n) is 11.0. The average Bonchev–Trinajstić information content (AvgIpc) is 2.46. The number of pyridine rings is 1. The zero-order chi connectivity index (χ0) is 15.0. The van der Waals surface area contributed by atoms with Gasteiger partial charge in [-0.25, -0.2) is 4.98 Å². The lowest BCUT2D eigenvalue weighted by molar-refractivity contribution is -0.137. The first-order valence-corrected chi connectivity index (χ1v) is 7.37. The molecule has 0 amide bonds. The van der Waals surface area contributed by atoms with Gasteiger partial charge < -0.3 is 10.2 Å². The number of rotatable bonds is 1. The Morgan fingerprint density at radius 1 is 1.14 bits per heavy atom. The summed E-state index contributed by atoms with van der Waals surface area (Å²) in [4.78, 5) is 6.63. The number of halogens is 4. The summed E-state index contributed by atoms with van der Waals surface area (Å²) in [5.41, 5.74) is -0.0849. The van der Waals surface area contributed by atoms with Crippen molar-refractivity contribution in [1.29, 1.82) is 0 Å². The van der Waals surface area contributed by atoms with E-state index < -0.39 is 11.7 Å². The molecule has 1 N–H and O–H groups in total. The van der Waals surface area contributed by atoms with Crippen molar-refractivity contribution < 1.29 is 13.2 Å². The second-order valence-corrected chi connectivity index (χ2v) is 5.79. The normalized spacial score (nSPS) is 16.5. The third-order valence-electron chi connectivity index (χ3n) is 3.49. The van der Waals surface area contributed by atoms with Crippen LogP contribution in [0.25, 0.3) is 10.9 Å². The summed E-state index contributed by atoms with van der Waals surface area (Å²) in [6.07, 6.45) is -4.34. The van der Waals surface area contributed by atoms with Crippen LogP contribution in [0.4, 0.5) is 19.0 Å². The van der Waals surface area contributed by atoms with E-state index in [1.807, 2.05) is 0 Å². The number of fused-ring (bicyclic) bond motifs is 1. The highest BCUT2D eigenvalue weighted by molar-refractivity contribution is 9.10. The Morgan fingerprint density at radius 3 is 2.52 bits per heavy atom. The van der Waals surface area contributed by atoms with Crippen molar-refractivity contribution in [2.24, 2.45) is 0 Å². The van der Waals surface area contributed by atoms with Gasteiger partial charge in [-0.15, -0.1) is 0 Å². The van der Waals surface area contributed by atoms with Crippen molar-refractivity contribution in [3.05, 3.63) is 34.3 Å². The Hall–Kier alpha value is -1.34. The number of hydrogen-bond acceptors (Lipinski definition) is 3. The first-order chi connectivity index (χ1) is 9.95. The maximum atomic E-state index is 12.7. The summed E-state index contributed by atoms with van der Waals surface area (Å²) in [5, 5.41) is 3.74. The molecule has 3 nitrogen and oxygen atoms in total. The van der Waals surface area contributed by atoms with Gasteiger partial charge in [0.05, 0.1) is 15.6 Å². The monoisotopic (exact) mass is 359 g/mol. The van der Waals surface area contributed by atoms with E-state index in [-0.39, 0.29) is 0 Å². The summed E-state index contributed by atoms with van der Waals surface area (Å²) < 4.78 is 38.9. The lowest BCUT2D eigenvalue weighted by atomic mass is 10.1. The minimum atomic E-state index is -4.34. The maximum Gasteiger partial charge on any atom is 0.416 e. The molecule has 0 atom stereocenters. The number of aromatic nitrogens is 1. The Morgan fingerprint density at radius 2 is 1.86 bits per heavy atom. The van der Waals surface area contributed by atoms with Crippen molar-refractivity contribution in [1.82, 2.24) is 10.3 Å². The number of alkyl halides is 3. The lowest BCUT2D eigenvalue weighted by Gasteiger charge is -2.29. The third kappa shape index (κ3) is 2.98. The van der Waals surface area contributed by atoms with Crippen molar-refractivity contribution >= 4 is 32.7 Å². The van der Waals surface area contributed by atoms with Crippen LogP contribution in [0.1, 0.15) is 5.56 Å². The Labute approximate surface area is 128 Å². The molecule has 112 valence electrons. The Balaban J connectivity index is 2.04. The van der Waals surface area contributed by atoms with Crippen LogP contribution in [0, 0.1) is 0 Å². The minimum Gasteiger partial charge on any atom is -0.353 e. The van der Waals surface area contributed by atoms with Gasteiger partial charge in [0, 0.05) is 31.6 Å². The lowest BCUT2D eigenvalue weighted by Crippen LogP contribution is -2.44. The van der Waals surface area contributed by atoms with Crippen molar-refractivity contribution in [3.63, 3.8) is 0 Å². The fourth-order valence-electron chi connectivity index (χ4n) is 2.42. The SMILES string of the molecule is FC(F)(F)c1ccc2nc(N3CCNCC3)c(Br)cc2c1. The molecule has 0 aliphatic carbocycles. The van der Waals surface area contributed by atoms with E-state index in [4.69, 9.17) is 0 Å². The number of piperazine rings is 1. The van der Waals surface area contributed by atoms with E-state index in [9.17, 15) is 13.2 Å². The smallest absolute Gasteiger partial charge is 0.353 e. The average molecular weight is 360 g/mol. The molecule has 1 aromatic carbocycles. The van der Waals surface area contributed by atoms with Crippen molar-refractivity contribution in [2.75, 3.05) is 31.1 Å². The molecule has 1 aromatic heterocycles. The first kappa shape index (κ1) is 14.6. The predicted octanol–water partition coefficient (Wildman–Crippen LogP) is 3.43. The van der Waals surface area contributed by atoms with Crippen LogP contribution in [0.5, 0.6) is 0 Å². The molecule has 2 heterocycles. The predicted molar refractivity (Wildman–Crippen MR) is 79.5 cm³/mol. The van der Waals surface area contributed by atoms with Gasteiger partial charge >= 0.3 is 6.18 Å². The van der Waals surface area contributed by atoms with Gasteiger partial charge in [-0.3, -0.25) is 0 Å². The second kappa shape index (κ2) is 5.46. The molecule has 0 spiro atoms. The molecule has 1 saturated heterocycles. The number of hydrogen-bond donors (Lipinski definition) is 1. The van der Waals surface area contributed by atoms with Gasteiger partial charge in [0.2, 0.25) is 0 Å². The molecule has 3 rings (SSSR count). The molecule has 7 heteroatoms. The molecule has 1 aliphatic rings. The van der Waals surface area contributed by atoms with E-state index in [1.165, 1.54) is 6.07 Å². The summed E-state index contributed by atoms with van der Waals surface area (Å²) in [5.74, 6) is 0.781. The van der Waals surface area contributed by atoms with Crippen molar-refractivity contribution in [3.8, 4) is 0 Å². The van der Waals surface area contributed by atoms with E-state index >= 15 is 0 Å². The standard InChI is InChI=1S/C14H13BrF3N3/c15-11-8-9-7-10(14(16,17)18)1-2-12(9)20-13(11)21-5-3-19-4-6-21/h1-2,7-8,19H,3-6H2. The summed E-state index contributed by atoms with van der Waals surface area (Å²) >= 11 is 3.42. The molecule has 1 aliphatic heterocycles. The van der Waals surface area contributed by atoms with E-state index in [0.29, 0.717) is 10.9 Å². The highest BCUT2D eigenvalue weighted by atomic mass is 79.9.